The van der Waals surface area contributed by atoms with Crippen molar-refractivity contribution in [2.75, 3.05) is 14.2 Å². The van der Waals surface area contributed by atoms with Crippen LogP contribution in [-0.2, 0) is 0 Å². The fraction of sp³-hybridized carbons (Fsp3) is 0.444. The van der Waals surface area contributed by atoms with Crippen molar-refractivity contribution in [3.63, 3.8) is 0 Å². The Bertz CT molecular complexity index is 706. The molecule has 1 aromatic rings. The van der Waals surface area contributed by atoms with Crippen LogP contribution in [0.25, 0.3) is 0 Å². The highest BCUT2D eigenvalue weighted by atomic mass is 16.5. The van der Waals surface area contributed by atoms with Gasteiger partial charge in [-0.05, 0) is 37.0 Å². The van der Waals surface area contributed by atoms with Crippen molar-refractivity contribution in [3.8, 4) is 11.5 Å². The molecule has 1 atom stereocenters. The van der Waals surface area contributed by atoms with Gasteiger partial charge < -0.3 is 9.47 Å². The number of nitroso groups, excluding NO2 is 1. The minimum absolute atomic E-state index is 0.137. The maximum atomic E-state index is 12.3. The Hall–Kier alpha value is -2.50. The third-order valence-electron chi connectivity index (χ3n) is 4.08. The average Bonchev–Trinajstić information content (AvgIpc) is 2.57. The summed E-state index contributed by atoms with van der Waals surface area (Å²) < 4.78 is 10.7. The van der Waals surface area contributed by atoms with Crippen molar-refractivity contribution in [2.24, 2.45) is 11.1 Å². The fourth-order valence-electron chi connectivity index (χ4n) is 2.84. The molecule has 6 heteroatoms. The van der Waals surface area contributed by atoms with Crippen LogP contribution in [0.4, 0.5) is 0 Å². The van der Waals surface area contributed by atoms with Crippen LogP contribution in [0.5, 0.6) is 11.5 Å². The van der Waals surface area contributed by atoms with E-state index in [4.69, 9.17) is 9.47 Å². The van der Waals surface area contributed by atoms with Gasteiger partial charge in [0.25, 0.3) is 0 Å². The number of rotatable bonds is 7. The number of allylic oxidation sites excluding steroid dienone is 2. The second-order valence-electron chi connectivity index (χ2n) is 6.11. The number of methoxy groups -OCH3 is 2. The second kappa shape index (κ2) is 7.38. The van der Waals surface area contributed by atoms with E-state index < -0.39 is 6.04 Å². The van der Waals surface area contributed by atoms with E-state index in [1.54, 1.807) is 6.07 Å². The lowest BCUT2D eigenvalue weighted by atomic mass is 9.87. The van der Waals surface area contributed by atoms with Gasteiger partial charge in [-0.15, -0.1) is 0 Å². The van der Waals surface area contributed by atoms with Gasteiger partial charge >= 0.3 is 0 Å². The molecule has 1 aliphatic carbocycles. The first kappa shape index (κ1) is 17.8. The number of carbonyl (C=O) groups excluding carboxylic acids is 2. The standard InChI is InChI=1S/C18H21NO5/c1-10(2)5-6-12(19-22)11-9-15(23-3)16-13(20)7-8-14(21)17(16)18(11)24-4/h7-10,12H,5-6H2,1-4H3. The third kappa shape index (κ3) is 3.22. The first-order chi connectivity index (χ1) is 11.4. The molecule has 0 heterocycles. The summed E-state index contributed by atoms with van der Waals surface area (Å²) >= 11 is 0. The number of nitrogens with zero attached hydrogens (tertiary/aromatic N) is 1. The van der Waals surface area contributed by atoms with Gasteiger partial charge in [-0.3, -0.25) is 9.59 Å². The summed E-state index contributed by atoms with van der Waals surface area (Å²) in [4.78, 5) is 35.9. The average molecular weight is 331 g/mol. The summed E-state index contributed by atoms with van der Waals surface area (Å²) in [5, 5.41) is 3.21. The van der Waals surface area contributed by atoms with E-state index in [1.165, 1.54) is 26.4 Å². The van der Waals surface area contributed by atoms with Gasteiger partial charge in [-0.25, -0.2) is 0 Å². The number of ketones is 2. The van der Waals surface area contributed by atoms with Crippen molar-refractivity contribution in [1.29, 1.82) is 0 Å². The molecule has 0 aliphatic heterocycles. The third-order valence-corrected chi connectivity index (χ3v) is 4.08. The van der Waals surface area contributed by atoms with Gasteiger partial charge in [0.2, 0.25) is 0 Å². The van der Waals surface area contributed by atoms with Crippen molar-refractivity contribution in [2.45, 2.75) is 32.7 Å². The molecule has 1 aromatic carbocycles. The molecular weight excluding hydrogens is 310 g/mol. The topological polar surface area (TPSA) is 82.0 Å². The summed E-state index contributed by atoms with van der Waals surface area (Å²) in [6.45, 7) is 4.11. The van der Waals surface area contributed by atoms with Gasteiger partial charge in [0, 0.05) is 5.56 Å². The van der Waals surface area contributed by atoms with E-state index in [1.807, 2.05) is 0 Å². The SMILES string of the molecule is COc1cc(C(CCC(C)C)N=O)c(OC)c2c1C(=O)C=CC2=O. The van der Waals surface area contributed by atoms with Crippen LogP contribution in [0, 0.1) is 10.8 Å². The normalized spacial score (nSPS) is 14.5. The molecule has 0 fully saturated rings. The van der Waals surface area contributed by atoms with Crippen LogP contribution >= 0.6 is 0 Å². The highest BCUT2D eigenvalue weighted by Gasteiger charge is 2.32. The second-order valence-corrected chi connectivity index (χ2v) is 6.11. The summed E-state index contributed by atoms with van der Waals surface area (Å²) in [6, 6.07) is 0.907. The molecule has 24 heavy (non-hydrogen) atoms. The number of carbonyl (C=O) groups is 2. The van der Waals surface area contributed by atoms with Gasteiger partial charge in [-0.1, -0.05) is 19.0 Å². The zero-order valence-corrected chi connectivity index (χ0v) is 14.3. The Balaban J connectivity index is 2.65. The van der Waals surface area contributed by atoms with E-state index >= 15 is 0 Å². The molecular formula is C18H21NO5. The molecule has 0 radical (unpaired) electrons. The van der Waals surface area contributed by atoms with Crippen LogP contribution < -0.4 is 9.47 Å². The molecule has 0 N–H and O–H groups in total. The van der Waals surface area contributed by atoms with Gasteiger partial charge in [0.05, 0.1) is 25.3 Å². The predicted molar refractivity (Wildman–Crippen MR) is 90.0 cm³/mol. The van der Waals surface area contributed by atoms with Crippen LogP contribution in [-0.4, -0.2) is 25.8 Å². The highest BCUT2D eigenvalue weighted by Crippen LogP contribution is 2.42. The lowest BCUT2D eigenvalue weighted by molar-refractivity contribution is 0.0988. The molecule has 0 saturated heterocycles. The molecule has 0 saturated carbocycles. The molecule has 1 aliphatic rings. The van der Waals surface area contributed by atoms with Crippen molar-refractivity contribution >= 4 is 11.6 Å². The van der Waals surface area contributed by atoms with Crippen molar-refractivity contribution < 1.29 is 19.1 Å². The molecule has 2 rings (SSSR count). The van der Waals surface area contributed by atoms with E-state index in [0.29, 0.717) is 17.9 Å². The van der Waals surface area contributed by atoms with Crippen LogP contribution in [0.2, 0.25) is 0 Å². The summed E-state index contributed by atoms with van der Waals surface area (Å²) in [5.41, 5.74) is 0.775. The summed E-state index contributed by atoms with van der Waals surface area (Å²) in [5.74, 6) is 0.202. The monoisotopic (exact) mass is 331 g/mol. The number of hydrogen-bond acceptors (Lipinski definition) is 6. The number of benzene rings is 1. The van der Waals surface area contributed by atoms with Gasteiger partial charge in [-0.2, -0.15) is 4.91 Å². The lowest BCUT2D eigenvalue weighted by Crippen LogP contribution is -2.17. The largest absolute Gasteiger partial charge is 0.496 e. The van der Waals surface area contributed by atoms with E-state index in [-0.39, 0.29) is 34.2 Å². The molecule has 0 amide bonds. The van der Waals surface area contributed by atoms with E-state index in [9.17, 15) is 14.5 Å². The smallest absolute Gasteiger partial charge is 0.190 e. The first-order valence-corrected chi connectivity index (χ1v) is 7.82. The van der Waals surface area contributed by atoms with E-state index in [0.717, 1.165) is 6.42 Å². The predicted octanol–water partition coefficient (Wildman–Crippen LogP) is 3.88. The summed E-state index contributed by atoms with van der Waals surface area (Å²) in [6.07, 6.45) is 3.73. The molecule has 128 valence electrons. The van der Waals surface area contributed by atoms with E-state index in [2.05, 4.69) is 19.0 Å². The van der Waals surface area contributed by atoms with Crippen LogP contribution in [0.1, 0.15) is 59.0 Å². The summed E-state index contributed by atoms with van der Waals surface area (Å²) in [7, 11) is 2.82. The van der Waals surface area contributed by atoms with Crippen molar-refractivity contribution in [1.82, 2.24) is 0 Å². The zero-order valence-electron chi connectivity index (χ0n) is 14.3. The number of fused-ring (bicyclic) bond motifs is 1. The highest BCUT2D eigenvalue weighted by molar-refractivity contribution is 6.24. The molecule has 0 bridgehead atoms. The van der Waals surface area contributed by atoms with Gasteiger partial charge in [0.15, 0.2) is 11.6 Å². The lowest BCUT2D eigenvalue weighted by Gasteiger charge is -2.22. The Morgan fingerprint density at radius 3 is 2.12 bits per heavy atom. The Kier molecular flexibility index (Phi) is 5.49. The maximum Gasteiger partial charge on any atom is 0.190 e. The minimum atomic E-state index is -0.671. The molecule has 6 nitrogen and oxygen atoms in total. The molecule has 1 unspecified atom stereocenters. The fourth-order valence-corrected chi connectivity index (χ4v) is 2.84. The Labute approximate surface area is 140 Å². The maximum absolute atomic E-state index is 12.3. The Morgan fingerprint density at radius 2 is 1.62 bits per heavy atom. The Morgan fingerprint density at radius 1 is 1.00 bits per heavy atom. The number of ether oxygens (including phenoxy) is 2. The minimum Gasteiger partial charge on any atom is -0.496 e. The zero-order chi connectivity index (χ0) is 17.9. The quantitative estimate of drug-likeness (QED) is 0.708. The number of hydrogen-bond donors (Lipinski definition) is 0. The van der Waals surface area contributed by atoms with Crippen molar-refractivity contribution in [3.05, 3.63) is 39.8 Å². The van der Waals surface area contributed by atoms with Crippen LogP contribution in [0.3, 0.4) is 0 Å². The molecule has 0 aromatic heterocycles. The molecule has 0 spiro atoms. The first-order valence-electron chi connectivity index (χ1n) is 7.82. The van der Waals surface area contributed by atoms with Gasteiger partial charge in [0.1, 0.15) is 17.5 Å². The van der Waals surface area contributed by atoms with Crippen LogP contribution in [0.15, 0.2) is 23.4 Å².